The predicted molar refractivity (Wildman–Crippen MR) is 118 cm³/mol. The number of nitrogens with zero attached hydrogens (tertiary/aromatic N) is 3. The lowest BCUT2D eigenvalue weighted by molar-refractivity contribution is -0.149. The van der Waals surface area contributed by atoms with Gasteiger partial charge in [0.25, 0.3) is 0 Å². The van der Waals surface area contributed by atoms with Crippen molar-refractivity contribution in [2.75, 3.05) is 6.61 Å². The molecule has 4 rings (SSSR count). The van der Waals surface area contributed by atoms with Gasteiger partial charge in [-0.05, 0) is 29.7 Å². The van der Waals surface area contributed by atoms with Crippen LogP contribution in [0.2, 0.25) is 0 Å². The average Bonchev–Trinajstić information content (AvgIpc) is 3.26. The number of ether oxygens (including phenoxy) is 1. The standard InChI is InChI=1S/C23H23BrN4O3/c24-19-9-6-16(7-10-19)12-21(29)26-22(18-4-2-1-3-5-18)23(30)31-14-17-8-11-20-27-25-15-28(20)13-17/h1-7,9-10,15,17,22H,8,11-14H2,(H,26,29). The molecular weight excluding hydrogens is 460 g/mol. The summed E-state index contributed by atoms with van der Waals surface area (Å²) < 4.78 is 8.59. The van der Waals surface area contributed by atoms with Gasteiger partial charge in [-0.2, -0.15) is 0 Å². The van der Waals surface area contributed by atoms with Gasteiger partial charge < -0.3 is 14.6 Å². The van der Waals surface area contributed by atoms with E-state index in [9.17, 15) is 9.59 Å². The third kappa shape index (κ3) is 5.58. The molecule has 0 spiro atoms. The number of benzene rings is 2. The lowest BCUT2D eigenvalue weighted by Gasteiger charge is -2.24. The summed E-state index contributed by atoms with van der Waals surface area (Å²) in [6, 6.07) is 15.9. The molecule has 0 radical (unpaired) electrons. The molecule has 0 bridgehead atoms. The van der Waals surface area contributed by atoms with Crippen LogP contribution in [0.15, 0.2) is 65.4 Å². The van der Waals surface area contributed by atoms with Crippen LogP contribution < -0.4 is 5.32 Å². The molecular formula is C23H23BrN4O3. The lowest BCUT2D eigenvalue weighted by atomic mass is 10.0. The molecule has 1 aliphatic rings. The maximum atomic E-state index is 12.9. The van der Waals surface area contributed by atoms with Crippen LogP contribution in [0.4, 0.5) is 0 Å². The molecule has 160 valence electrons. The Labute approximate surface area is 189 Å². The summed E-state index contributed by atoms with van der Waals surface area (Å²) >= 11 is 3.39. The monoisotopic (exact) mass is 482 g/mol. The summed E-state index contributed by atoms with van der Waals surface area (Å²) in [4.78, 5) is 25.6. The van der Waals surface area contributed by atoms with E-state index >= 15 is 0 Å². The SMILES string of the molecule is O=C(Cc1ccc(Br)cc1)NC(C(=O)OCC1CCc2nncn2C1)c1ccccc1. The molecule has 7 nitrogen and oxygen atoms in total. The van der Waals surface area contributed by atoms with E-state index in [4.69, 9.17) is 4.74 Å². The smallest absolute Gasteiger partial charge is 0.333 e. The highest BCUT2D eigenvalue weighted by Gasteiger charge is 2.27. The summed E-state index contributed by atoms with van der Waals surface area (Å²) in [6.45, 7) is 1.02. The molecule has 2 aromatic carbocycles. The molecule has 3 aromatic rings. The average molecular weight is 483 g/mol. The Bertz CT molecular complexity index is 1040. The second kappa shape index (κ2) is 9.87. The highest BCUT2D eigenvalue weighted by atomic mass is 79.9. The van der Waals surface area contributed by atoms with Crippen molar-refractivity contribution in [2.24, 2.45) is 5.92 Å². The Morgan fingerprint density at radius 1 is 1.16 bits per heavy atom. The molecule has 0 saturated carbocycles. The molecule has 0 fully saturated rings. The van der Waals surface area contributed by atoms with Crippen LogP contribution in [0.25, 0.3) is 0 Å². The maximum Gasteiger partial charge on any atom is 0.333 e. The van der Waals surface area contributed by atoms with Crippen molar-refractivity contribution >= 4 is 27.8 Å². The fourth-order valence-electron chi connectivity index (χ4n) is 3.67. The Morgan fingerprint density at radius 2 is 1.94 bits per heavy atom. The van der Waals surface area contributed by atoms with Gasteiger partial charge in [0.2, 0.25) is 5.91 Å². The van der Waals surface area contributed by atoms with Gasteiger partial charge in [0.05, 0.1) is 13.0 Å². The number of hydrogen-bond donors (Lipinski definition) is 1. The molecule has 0 saturated heterocycles. The predicted octanol–water partition coefficient (Wildman–Crippen LogP) is 3.25. The van der Waals surface area contributed by atoms with E-state index in [1.807, 2.05) is 59.2 Å². The summed E-state index contributed by atoms with van der Waals surface area (Å²) in [5.74, 6) is 0.470. The Balaban J connectivity index is 1.39. The highest BCUT2D eigenvalue weighted by molar-refractivity contribution is 9.10. The zero-order valence-corrected chi connectivity index (χ0v) is 18.5. The van der Waals surface area contributed by atoms with Crippen molar-refractivity contribution in [3.8, 4) is 0 Å². The molecule has 1 amide bonds. The number of esters is 1. The number of aromatic nitrogens is 3. The minimum Gasteiger partial charge on any atom is -0.464 e. The van der Waals surface area contributed by atoms with E-state index in [1.54, 1.807) is 6.33 Å². The van der Waals surface area contributed by atoms with Crippen LogP contribution >= 0.6 is 15.9 Å². The number of hydrogen-bond acceptors (Lipinski definition) is 5. The number of halogens is 1. The molecule has 2 heterocycles. The van der Waals surface area contributed by atoms with Crippen molar-refractivity contribution in [1.29, 1.82) is 0 Å². The fraction of sp³-hybridized carbons (Fsp3) is 0.304. The van der Waals surface area contributed by atoms with Gasteiger partial charge in [-0.25, -0.2) is 4.79 Å². The first-order chi connectivity index (χ1) is 15.1. The quantitative estimate of drug-likeness (QED) is 0.522. The highest BCUT2D eigenvalue weighted by Crippen LogP contribution is 2.20. The van der Waals surface area contributed by atoms with Crippen LogP contribution in [0.5, 0.6) is 0 Å². The van der Waals surface area contributed by atoms with Gasteiger partial charge in [0.15, 0.2) is 6.04 Å². The number of amides is 1. The normalized spacial score (nSPS) is 16.2. The molecule has 8 heteroatoms. The van der Waals surface area contributed by atoms with Crippen LogP contribution in [0, 0.1) is 5.92 Å². The topological polar surface area (TPSA) is 86.1 Å². The van der Waals surface area contributed by atoms with E-state index in [0.29, 0.717) is 12.2 Å². The fourth-order valence-corrected chi connectivity index (χ4v) is 3.93. The van der Waals surface area contributed by atoms with Crippen molar-refractivity contribution in [1.82, 2.24) is 20.1 Å². The molecule has 2 atom stereocenters. The van der Waals surface area contributed by atoms with Gasteiger partial charge in [-0.1, -0.05) is 58.4 Å². The first-order valence-corrected chi connectivity index (χ1v) is 11.0. The molecule has 31 heavy (non-hydrogen) atoms. The molecule has 0 aliphatic carbocycles. The van der Waals surface area contributed by atoms with Crippen LogP contribution in [0.3, 0.4) is 0 Å². The number of aryl methyl sites for hydroxylation is 1. The Morgan fingerprint density at radius 3 is 2.71 bits per heavy atom. The zero-order chi connectivity index (χ0) is 21.6. The largest absolute Gasteiger partial charge is 0.464 e. The first-order valence-electron chi connectivity index (χ1n) is 10.2. The van der Waals surface area contributed by atoms with Crippen molar-refractivity contribution in [2.45, 2.75) is 31.8 Å². The second-order valence-electron chi connectivity index (χ2n) is 7.65. The van der Waals surface area contributed by atoms with Gasteiger partial charge in [-0.3, -0.25) is 4.79 Å². The summed E-state index contributed by atoms with van der Waals surface area (Å²) in [7, 11) is 0. The van der Waals surface area contributed by atoms with Crippen molar-refractivity contribution in [3.63, 3.8) is 0 Å². The number of nitrogens with one attached hydrogen (secondary N) is 1. The van der Waals surface area contributed by atoms with E-state index in [2.05, 4.69) is 31.4 Å². The van der Waals surface area contributed by atoms with E-state index in [1.165, 1.54) is 0 Å². The maximum absolute atomic E-state index is 12.9. The number of fused-ring (bicyclic) bond motifs is 1. The van der Waals surface area contributed by atoms with Crippen molar-refractivity contribution < 1.29 is 14.3 Å². The third-order valence-corrected chi connectivity index (χ3v) is 5.87. The van der Waals surface area contributed by atoms with Crippen LogP contribution in [-0.4, -0.2) is 33.2 Å². The number of carbonyl (C=O) groups is 2. The van der Waals surface area contributed by atoms with Gasteiger partial charge in [-0.15, -0.1) is 10.2 Å². The Hall–Kier alpha value is -3.00. The number of rotatable bonds is 7. The Kier molecular flexibility index (Phi) is 6.76. The van der Waals surface area contributed by atoms with E-state index < -0.39 is 12.0 Å². The molecule has 1 aromatic heterocycles. The van der Waals surface area contributed by atoms with Gasteiger partial charge in [0.1, 0.15) is 12.2 Å². The molecule has 1 aliphatic heterocycles. The third-order valence-electron chi connectivity index (χ3n) is 5.34. The minimum absolute atomic E-state index is 0.183. The summed E-state index contributed by atoms with van der Waals surface area (Å²) in [5.41, 5.74) is 1.56. The molecule has 2 unspecified atom stereocenters. The zero-order valence-electron chi connectivity index (χ0n) is 16.9. The van der Waals surface area contributed by atoms with Crippen LogP contribution in [-0.2, 0) is 33.7 Å². The molecule has 1 N–H and O–H groups in total. The summed E-state index contributed by atoms with van der Waals surface area (Å²) in [6.07, 6.45) is 3.59. The summed E-state index contributed by atoms with van der Waals surface area (Å²) in [5, 5.41) is 10.9. The minimum atomic E-state index is -0.849. The lowest BCUT2D eigenvalue weighted by Crippen LogP contribution is -2.37. The second-order valence-corrected chi connectivity index (χ2v) is 8.56. The van der Waals surface area contributed by atoms with Gasteiger partial charge in [0, 0.05) is 23.4 Å². The van der Waals surface area contributed by atoms with Gasteiger partial charge >= 0.3 is 5.97 Å². The van der Waals surface area contributed by atoms with Crippen LogP contribution in [0.1, 0.15) is 29.4 Å². The van der Waals surface area contributed by atoms with E-state index in [0.717, 1.165) is 35.2 Å². The van der Waals surface area contributed by atoms with E-state index in [-0.39, 0.29) is 18.2 Å². The number of carbonyl (C=O) groups excluding carboxylic acids is 2. The van der Waals surface area contributed by atoms with Crippen molar-refractivity contribution in [3.05, 3.63) is 82.3 Å². The first kappa shape index (κ1) is 21.2.